The van der Waals surface area contributed by atoms with Crippen molar-refractivity contribution in [3.63, 3.8) is 0 Å². The molecule has 0 aliphatic rings. The predicted octanol–water partition coefficient (Wildman–Crippen LogP) is 6.38. The molecule has 3 N–H and O–H groups in total. The molecule has 0 aliphatic carbocycles. The lowest BCUT2D eigenvalue weighted by molar-refractivity contribution is -0.115. The number of thioether (sulfide) groups is 1. The Morgan fingerprint density at radius 1 is 0.946 bits per heavy atom. The van der Waals surface area contributed by atoms with Crippen LogP contribution >= 0.6 is 11.8 Å². The molecule has 182 valence electrons. The molecular weight excluding hydrogens is 482 g/mol. The summed E-state index contributed by atoms with van der Waals surface area (Å²) in [5, 5.41) is 22.4. The molecule has 0 aliphatic heterocycles. The third kappa shape index (κ3) is 5.90. The number of pyridine rings is 1. The van der Waals surface area contributed by atoms with Crippen molar-refractivity contribution in [1.82, 2.24) is 4.98 Å². The summed E-state index contributed by atoms with van der Waals surface area (Å²) in [4.78, 5) is 17.5. The van der Waals surface area contributed by atoms with E-state index in [0.717, 1.165) is 17.5 Å². The molecule has 1 aromatic heterocycles. The van der Waals surface area contributed by atoms with E-state index in [1.54, 1.807) is 36.4 Å². The number of carbonyl (C=O) groups is 1. The Morgan fingerprint density at radius 2 is 1.54 bits per heavy atom. The van der Waals surface area contributed by atoms with E-state index in [9.17, 15) is 15.3 Å². The van der Waals surface area contributed by atoms with Crippen LogP contribution in [0.25, 0.3) is 11.1 Å². The number of hydrogen-bond donors (Lipinski definition) is 2. The summed E-state index contributed by atoms with van der Waals surface area (Å²) in [6.45, 7) is 1.88. The standard InChI is InChI=1S/C29H23N5O2S/c1-2-25(28(35)33-20-13-15-22(16-14-20)36-21-11-7-4-8-12-21)37-29-24(18-31)26(19-9-5-3-6-10-19)23(17-30)27(32)34-29/h3-16,25H,2H2,1H3,(H2,32,34)(H,33,35). The highest BCUT2D eigenvalue weighted by atomic mass is 32.2. The third-order valence-electron chi connectivity index (χ3n) is 5.50. The number of amides is 1. The van der Waals surface area contributed by atoms with Crippen LogP contribution < -0.4 is 15.8 Å². The van der Waals surface area contributed by atoms with Gasteiger partial charge in [0.25, 0.3) is 0 Å². The largest absolute Gasteiger partial charge is 0.457 e. The fourth-order valence-electron chi connectivity index (χ4n) is 3.69. The average molecular weight is 506 g/mol. The smallest absolute Gasteiger partial charge is 0.237 e. The second-order valence-corrected chi connectivity index (χ2v) is 9.15. The second kappa shape index (κ2) is 11.8. The number of nitrogens with two attached hydrogens (primary N) is 1. The molecular formula is C29H23N5O2S. The van der Waals surface area contributed by atoms with Crippen molar-refractivity contribution in [3.8, 4) is 34.8 Å². The molecule has 1 heterocycles. The normalized spacial score (nSPS) is 11.1. The van der Waals surface area contributed by atoms with Crippen molar-refractivity contribution in [2.45, 2.75) is 23.6 Å². The molecule has 7 nitrogen and oxygen atoms in total. The van der Waals surface area contributed by atoms with E-state index in [-0.39, 0.29) is 22.9 Å². The second-order valence-electron chi connectivity index (χ2n) is 7.96. The molecule has 8 heteroatoms. The number of carbonyl (C=O) groups excluding carboxylic acids is 1. The lowest BCUT2D eigenvalue weighted by Gasteiger charge is -2.17. The fraction of sp³-hybridized carbons (Fsp3) is 0.103. The van der Waals surface area contributed by atoms with E-state index in [4.69, 9.17) is 10.5 Å². The number of rotatable bonds is 8. The van der Waals surface area contributed by atoms with E-state index in [0.29, 0.717) is 34.0 Å². The Kier molecular flexibility index (Phi) is 8.05. The molecule has 0 spiro atoms. The van der Waals surface area contributed by atoms with Crippen LogP contribution in [-0.4, -0.2) is 16.1 Å². The first-order valence-electron chi connectivity index (χ1n) is 11.5. The van der Waals surface area contributed by atoms with Gasteiger partial charge in [0.1, 0.15) is 40.0 Å². The lowest BCUT2D eigenvalue weighted by atomic mass is 9.97. The molecule has 0 radical (unpaired) electrons. The van der Waals surface area contributed by atoms with Crippen molar-refractivity contribution >= 4 is 29.2 Å². The highest BCUT2D eigenvalue weighted by molar-refractivity contribution is 8.00. The number of anilines is 2. The number of nitrogens with one attached hydrogen (secondary N) is 1. The molecule has 0 saturated heterocycles. The Bertz CT molecular complexity index is 1480. The van der Waals surface area contributed by atoms with Crippen molar-refractivity contribution in [3.05, 3.63) is 96.1 Å². The number of para-hydroxylation sites is 1. The first-order chi connectivity index (χ1) is 18.0. The summed E-state index contributed by atoms with van der Waals surface area (Å²) in [7, 11) is 0. The Morgan fingerprint density at radius 3 is 2.14 bits per heavy atom. The number of nitriles is 2. The quantitative estimate of drug-likeness (QED) is 0.266. The lowest BCUT2D eigenvalue weighted by Crippen LogP contribution is -2.25. The summed E-state index contributed by atoms with van der Waals surface area (Å²) in [6, 6.07) is 29.8. The highest BCUT2D eigenvalue weighted by Crippen LogP contribution is 2.37. The van der Waals surface area contributed by atoms with Crippen LogP contribution in [0.4, 0.5) is 11.5 Å². The Hall–Kier alpha value is -4.79. The molecule has 1 unspecified atom stereocenters. The van der Waals surface area contributed by atoms with Gasteiger partial charge in [0.2, 0.25) is 5.91 Å². The van der Waals surface area contributed by atoms with Crippen LogP contribution in [0.15, 0.2) is 90.0 Å². The first-order valence-corrected chi connectivity index (χ1v) is 12.4. The van der Waals surface area contributed by atoms with E-state index < -0.39 is 5.25 Å². The number of benzene rings is 3. The zero-order chi connectivity index (χ0) is 26.2. The van der Waals surface area contributed by atoms with Gasteiger partial charge in [0.05, 0.1) is 10.8 Å². The number of ether oxygens (including phenoxy) is 1. The van der Waals surface area contributed by atoms with Gasteiger partial charge in [-0.25, -0.2) is 4.98 Å². The van der Waals surface area contributed by atoms with Crippen LogP contribution in [0.3, 0.4) is 0 Å². The summed E-state index contributed by atoms with van der Waals surface area (Å²) in [6.07, 6.45) is 0.485. The van der Waals surface area contributed by atoms with Crippen molar-refractivity contribution in [2.75, 3.05) is 11.1 Å². The molecule has 1 amide bonds. The van der Waals surface area contributed by atoms with Crippen LogP contribution in [0, 0.1) is 22.7 Å². The SMILES string of the molecule is CCC(Sc1nc(N)c(C#N)c(-c2ccccc2)c1C#N)C(=O)Nc1ccc(Oc2ccccc2)cc1. The topological polar surface area (TPSA) is 125 Å². The van der Waals surface area contributed by atoms with Crippen LogP contribution in [0.5, 0.6) is 11.5 Å². The molecule has 3 aromatic carbocycles. The van der Waals surface area contributed by atoms with E-state index >= 15 is 0 Å². The number of nitrogens with zero attached hydrogens (tertiary/aromatic N) is 3. The molecule has 1 atom stereocenters. The fourth-order valence-corrected chi connectivity index (χ4v) is 4.71. The molecule has 4 rings (SSSR count). The van der Waals surface area contributed by atoms with E-state index in [1.165, 1.54) is 0 Å². The van der Waals surface area contributed by atoms with Crippen molar-refractivity contribution in [2.24, 2.45) is 0 Å². The van der Waals surface area contributed by atoms with Crippen LogP contribution in [-0.2, 0) is 4.79 Å². The monoisotopic (exact) mass is 505 g/mol. The van der Waals surface area contributed by atoms with Gasteiger partial charge >= 0.3 is 0 Å². The molecule has 37 heavy (non-hydrogen) atoms. The summed E-state index contributed by atoms with van der Waals surface area (Å²) in [5.41, 5.74) is 8.19. The van der Waals surface area contributed by atoms with Crippen molar-refractivity contribution in [1.29, 1.82) is 10.5 Å². The Balaban J connectivity index is 1.55. The van der Waals surface area contributed by atoms with E-state index in [2.05, 4.69) is 22.4 Å². The van der Waals surface area contributed by atoms with Crippen molar-refractivity contribution < 1.29 is 9.53 Å². The van der Waals surface area contributed by atoms with Gasteiger partial charge in [0, 0.05) is 11.3 Å². The minimum Gasteiger partial charge on any atom is -0.457 e. The maximum absolute atomic E-state index is 13.1. The van der Waals surface area contributed by atoms with Crippen LogP contribution in [0.2, 0.25) is 0 Å². The van der Waals surface area contributed by atoms with Gasteiger partial charge in [-0.15, -0.1) is 0 Å². The van der Waals surface area contributed by atoms with Gasteiger partial charge in [-0.1, -0.05) is 67.2 Å². The van der Waals surface area contributed by atoms with Gasteiger partial charge < -0.3 is 15.8 Å². The minimum atomic E-state index is -0.546. The third-order valence-corrected chi connectivity index (χ3v) is 6.85. The highest BCUT2D eigenvalue weighted by Gasteiger charge is 2.25. The van der Waals surface area contributed by atoms with Gasteiger partial charge in [0.15, 0.2) is 0 Å². The zero-order valence-corrected chi connectivity index (χ0v) is 20.8. The maximum atomic E-state index is 13.1. The molecule has 0 bridgehead atoms. The summed E-state index contributed by atoms with van der Waals surface area (Å²) >= 11 is 1.15. The van der Waals surface area contributed by atoms with Gasteiger partial charge in [-0.3, -0.25) is 4.79 Å². The first kappa shape index (κ1) is 25.3. The number of aromatic nitrogens is 1. The Labute approximate surface area is 219 Å². The molecule has 0 fully saturated rings. The molecule has 0 saturated carbocycles. The predicted molar refractivity (Wildman–Crippen MR) is 145 cm³/mol. The molecule has 4 aromatic rings. The number of nitrogen functional groups attached to an aromatic ring is 1. The van der Waals surface area contributed by atoms with Gasteiger partial charge in [-0.05, 0) is 48.4 Å². The van der Waals surface area contributed by atoms with E-state index in [1.807, 2.05) is 55.5 Å². The average Bonchev–Trinajstić information content (AvgIpc) is 2.93. The van der Waals surface area contributed by atoms with Crippen LogP contribution in [0.1, 0.15) is 24.5 Å². The summed E-state index contributed by atoms with van der Waals surface area (Å²) in [5.74, 6) is 1.15. The van der Waals surface area contributed by atoms with Gasteiger partial charge in [-0.2, -0.15) is 10.5 Å². The minimum absolute atomic E-state index is 0.0205. The number of hydrogen-bond acceptors (Lipinski definition) is 7. The zero-order valence-electron chi connectivity index (χ0n) is 20.0. The maximum Gasteiger partial charge on any atom is 0.237 e. The summed E-state index contributed by atoms with van der Waals surface area (Å²) < 4.78 is 5.80.